The molecule has 0 saturated carbocycles. The van der Waals surface area contributed by atoms with Crippen LogP contribution in [0.5, 0.6) is 11.5 Å². The normalized spacial score (nSPS) is 10.5. The lowest BCUT2D eigenvalue weighted by Gasteiger charge is -2.12. The van der Waals surface area contributed by atoms with Crippen LogP contribution in [0.3, 0.4) is 0 Å². The number of ether oxygens (including phenoxy) is 2. The van der Waals surface area contributed by atoms with Crippen molar-refractivity contribution in [3.05, 3.63) is 66.5 Å². The number of fused-ring (bicyclic) bond motifs is 1. The summed E-state index contributed by atoms with van der Waals surface area (Å²) in [5, 5.41) is 5.77. The first-order chi connectivity index (χ1) is 15.1. The Hall–Kier alpha value is -3.98. The molecular weight excluding hydrogens is 416 g/mol. The Bertz CT molecular complexity index is 1260. The summed E-state index contributed by atoms with van der Waals surface area (Å²) in [5.74, 6) is 1.04. The lowest BCUT2D eigenvalue weighted by Crippen LogP contribution is -2.34. The van der Waals surface area contributed by atoms with Gasteiger partial charge < -0.3 is 19.2 Å². The van der Waals surface area contributed by atoms with Gasteiger partial charge in [-0.1, -0.05) is 0 Å². The SMILES string of the molecule is COc1ccc(C(=O)NC(=S)Nc2ccc3oc(-c4cccnc4)nc3c2)c(OC)c1. The van der Waals surface area contributed by atoms with E-state index in [1.165, 1.54) is 7.11 Å². The van der Waals surface area contributed by atoms with Gasteiger partial charge in [0, 0.05) is 24.1 Å². The summed E-state index contributed by atoms with van der Waals surface area (Å²) < 4.78 is 16.2. The minimum Gasteiger partial charge on any atom is -0.497 e. The van der Waals surface area contributed by atoms with E-state index in [0.29, 0.717) is 39.7 Å². The van der Waals surface area contributed by atoms with Crippen molar-refractivity contribution in [1.29, 1.82) is 0 Å². The van der Waals surface area contributed by atoms with E-state index in [4.69, 9.17) is 26.1 Å². The zero-order chi connectivity index (χ0) is 21.8. The van der Waals surface area contributed by atoms with Gasteiger partial charge in [-0.3, -0.25) is 15.1 Å². The highest BCUT2D eigenvalue weighted by Gasteiger charge is 2.15. The van der Waals surface area contributed by atoms with Crippen molar-refractivity contribution in [2.24, 2.45) is 0 Å². The minimum absolute atomic E-state index is 0.137. The maximum absolute atomic E-state index is 12.6. The number of aromatic nitrogens is 2. The van der Waals surface area contributed by atoms with Gasteiger partial charge in [0.1, 0.15) is 17.0 Å². The molecule has 0 saturated heterocycles. The molecule has 0 radical (unpaired) electrons. The predicted molar refractivity (Wildman–Crippen MR) is 120 cm³/mol. The summed E-state index contributed by atoms with van der Waals surface area (Å²) in [4.78, 5) is 21.2. The second-order valence-corrected chi connectivity index (χ2v) is 6.83. The number of pyridine rings is 1. The zero-order valence-electron chi connectivity index (χ0n) is 16.7. The lowest BCUT2D eigenvalue weighted by atomic mass is 10.2. The lowest BCUT2D eigenvalue weighted by molar-refractivity contribution is 0.0974. The second-order valence-electron chi connectivity index (χ2n) is 6.42. The summed E-state index contributed by atoms with van der Waals surface area (Å²) in [6.07, 6.45) is 3.37. The number of thiocarbonyl (C=S) groups is 1. The van der Waals surface area contributed by atoms with Gasteiger partial charge >= 0.3 is 0 Å². The maximum atomic E-state index is 12.6. The van der Waals surface area contributed by atoms with Crippen LogP contribution in [0.2, 0.25) is 0 Å². The largest absolute Gasteiger partial charge is 0.497 e. The van der Waals surface area contributed by atoms with E-state index in [9.17, 15) is 4.79 Å². The molecule has 2 heterocycles. The summed E-state index contributed by atoms with van der Waals surface area (Å²) in [6.45, 7) is 0. The number of methoxy groups -OCH3 is 2. The quantitative estimate of drug-likeness (QED) is 0.454. The number of carbonyl (C=O) groups is 1. The van der Waals surface area contributed by atoms with Crippen LogP contribution in [0.1, 0.15) is 10.4 Å². The highest BCUT2D eigenvalue weighted by atomic mass is 32.1. The van der Waals surface area contributed by atoms with Gasteiger partial charge in [-0.05, 0) is 54.7 Å². The number of nitrogens with zero attached hydrogens (tertiary/aromatic N) is 2. The van der Waals surface area contributed by atoms with Gasteiger partial charge in [0.05, 0.1) is 25.3 Å². The van der Waals surface area contributed by atoms with Crippen LogP contribution in [-0.4, -0.2) is 35.2 Å². The van der Waals surface area contributed by atoms with E-state index in [2.05, 4.69) is 20.6 Å². The molecule has 0 unspecified atom stereocenters. The Kier molecular flexibility index (Phi) is 5.76. The molecule has 0 aliphatic carbocycles. The Morgan fingerprint density at radius 3 is 2.71 bits per heavy atom. The molecule has 0 fully saturated rings. The predicted octanol–water partition coefficient (Wildman–Crippen LogP) is 4.03. The van der Waals surface area contributed by atoms with Crippen molar-refractivity contribution < 1.29 is 18.7 Å². The number of hydrogen-bond acceptors (Lipinski definition) is 7. The van der Waals surface area contributed by atoms with E-state index < -0.39 is 5.91 Å². The molecule has 2 aromatic heterocycles. The fraction of sp³-hybridized carbons (Fsp3) is 0.0909. The van der Waals surface area contributed by atoms with Gasteiger partial charge in [0.25, 0.3) is 5.91 Å². The van der Waals surface area contributed by atoms with Crippen LogP contribution in [0, 0.1) is 0 Å². The number of nitrogens with one attached hydrogen (secondary N) is 2. The molecule has 8 nitrogen and oxygen atoms in total. The highest BCUT2D eigenvalue weighted by Crippen LogP contribution is 2.26. The Labute approximate surface area is 183 Å². The maximum Gasteiger partial charge on any atom is 0.261 e. The van der Waals surface area contributed by atoms with Gasteiger partial charge in [-0.2, -0.15) is 0 Å². The van der Waals surface area contributed by atoms with E-state index in [1.54, 1.807) is 55.9 Å². The van der Waals surface area contributed by atoms with Gasteiger partial charge in [-0.15, -0.1) is 0 Å². The molecule has 0 aliphatic heterocycles. The van der Waals surface area contributed by atoms with Crippen LogP contribution in [-0.2, 0) is 0 Å². The first-order valence-electron chi connectivity index (χ1n) is 9.22. The van der Waals surface area contributed by atoms with Crippen LogP contribution in [0.4, 0.5) is 5.69 Å². The molecule has 9 heteroatoms. The molecule has 4 aromatic rings. The highest BCUT2D eigenvalue weighted by molar-refractivity contribution is 7.80. The number of rotatable bonds is 5. The summed E-state index contributed by atoms with van der Waals surface area (Å²) in [7, 11) is 3.02. The number of benzene rings is 2. The molecule has 4 rings (SSSR count). The fourth-order valence-electron chi connectivity index (χ4n) is 2.94. The van der Waals surface area contributed by atoms with E-state index in [-0.39, 0.29) is 5.11 Å². The standard InChI is InChI=1S/C22H18N4O4S/c1-28-15-6-7-16(19(11-15)29-2)20(27)26-22(31)24-14-5-8-18-17(10-14)25-21(30-18)13-4-3-9-23-12-13/h3-12H,1-2H3,(H2,24,26,27,31). The molecule has 2 N–H and O–H groups in total. The van der Waals surface area contributed by atoms with Crippen molar-refractivity contribution in [1.82, 2.24) is 15.3 Å². The van der Waals surface area contributed by atoms with Crippen LogP contribution < -0.4 is 20.1 Å². The van der Waals surface area contributed by atoms with Crippen molar-refractivity contribution in [3.8, 4) is 23.0 Å². The summed E-state index contributed by atoms with van der Waals surface area (Å²) in [5.41, 5.74) is 3.05. The molecule has 1 amide bonds. The topological polar surface area (TPSA) is 98.5 Å². The third-order valence-corrected chi connectivity index (χ3v) is 4.64. The second kappa shape index (κ2) is 8.80. The molecule has 0 atom stereocenters. The number of carbonyl (C=O) groups excluding carboxylic acids is 1. The van der Waals surface area contributed by atoms with E-state index in [1.807, 2.05) is 12.1 Å². The molecule has 2 aromatic carbocycles. The number of anilines is 1. The van der Waals surface area contributed by atoms with Crippen molar-refractivity contribution >= 4 is 40.0 Å². The molecular formula is C22H18N4O4S. The summed E-state index contributed by atoms with van der Waals surface area (Å²) in [6, 6.07) is 13.9. The van der Waals surface area contributed by atoms with Crippen molar-refractivity contribution in [3.63, 3.8) is 0 Å². The minimum atomic E-state index is -0.404. The van der Waals surface area contributed by atoms with Crippen LogP contribution >= 0.6 is 12.2 Å². The fourth-order valence-corrected chi connectivity index (χ4v) is 3.15. The third kappa shape index (κ3) is 4.46. The van der Waals surface area contributed by atoms with Gasteiger partial charge in [0.2, 0.25) is 5.89 Å². The molecule has 0 bridgehead atoms. The van der Waals surface area contributed by atoms with Crippen molar-refractivity contribution in [2.75, 3.05) is 19.5 Å². The van der Waals surface area contributed by atoms with Crippen molar-refractivity contribution in [2.45, 2.75) is 0 Å². The molecule has 31 heavy (non-hydrogen) atoms. The smallest absolute Gasteiger partial charge is 0.261 e. The Morgan fingerprint density at radius 2 is 1.97 bits per heavy atom. The van der Waals surface area contributed by atoms with E-state index in [0.717, 1.165) is 5.56 Å². The number of amides is 1. The van der Waals surface area contributed by atoms with Crippen LogP contribution in [0.25, 0.3) is 22.6 Å². The van der Waals surface area contributed by atoms with Crippen LogP contribution in [0.15, 0.2) is 65.3 Å². The average Bonchev–Trinajstić information content (AvgIpc) is 3.22. The van der Waals surface area contributed by atoms with E-state index >= 15 is 0 Å². The molecule has 156 valence electrons. The monoisotopic (exact) mass is 434 g/mol. The number of oxazole rings is 1. The number of hydrogen-bond donors (Lipinski definition) is 2. The molecule has 0 spiro atoms. The van der Waals surface area contributed by atoms with Gasteiger partial charge in [-0.25, -0.2) is 4.98 Å². The third-order valence-electron chi connectivity index (χ3n) is 4.43. The zero-order valence-corrected chi connectivity index (χ0v) is 17.5. The van der Waals surface area contributed by atoms with Gasteiger partial charge in [0.15, 0.2) is 10.7 Å². The average molecular weight is 434 g/mol. The Balaban J connectivity index is 1.47. The first-order valence-corrected chi connectivity index (χ1v) is 9.63. The molecule has 0 aliphatic rings. The summed E-state index contributed by atoms with van der Waals surface area (Å²) >= 11 is 5.28. The first kappa shape index (κ1) is 20.3. The Morgan fingerprint density at radius 1 is 1.10 bits per heavy atom.